The molecular formula is C23H20N4OS. The lowest BCUT2D eigenvalue weighted by Gasteiger charge is -2.08. The van der Waals surface area contributed by atoms with Crippen molar-refractivity contribution in [2.45, 2.75) is 27.7 Å². The standard InChI is InChI=1S/C23H20N4OS/c1-13-9-19-20(10-14(13)2)27-22(28)21(29-23(27)25-19)12-17-11-15(3)26(16(17)4)18-5-7-24-8-6-18/h5-12H,1-4H3/b21-12-. The highest BCUT2D eigenvalue weighted by molar-refractivity contribution is 7.15. The Balaban J connectivity index is 1.72. The summed E-state index contributed by atoms with van der Waals surface area (Å²) in [5, 5.41) is 0. The summed E-state index contributed by atoms with van der Waals surface area (Å²) in [6, 6.07) is 10.2. The van der Waals surface area contributed by atoms with Crippen molar-refractivity contribution in [3.63, 3.8) is 0 Å². The van der Waals surface area contributed by atoms with Gasteiger partial charge in [-0.15, -0.1) is 0 Å². The Kier molecular flexibility index (Phi) is 3.93. The molecule has 0 unspecified atom stereocenters. The maximum Gasteiger partial charge on any atom is 0.274 e. The zero-order chi connectivity index (χ0) is 20.3. The zero-order valence-electron chi connectivity index (χ0n) is 16.7. The zero-order valence-corrected chi connectivity index (χ0v) is 17.5. The molecule has 0 spiro atoms. The second-order valence-corrected chi connectivity index (χ2v) is 8.45. The van der Waals surface area contributed by atoms with E-state index in [4.69, 9.17) is 0 Å². The quantitative estimate of drug-likeness (QED) is 0.452. The molecular weight excluding hydrogens is 380 g/mol. The number of benzene rings is 1. The largest absolute Gasteiger partial charge is 0.318 e. The number of thiazole rings is 1. The minimum atomic E-state index is -0.00975. The molecule has 5 aromatic rings. The first-order chi connectivity index (χ1) is 13.9. The van der Waals surface area contributed by atoms with Crippen molar-refractivity contribution < 1.29 is 0 Å². The van der Waals surface area contributed by atoms with Crippen molar-refractivity contribution in [2.24, 2.45) is 0 Å². The van der Waals surface area contributed by atoms with Crippen LogP contribution in [0.15, 0.2) is 47.5 Å². The first-order valence-electron chi connectivity index (χ1n) is 9.47. The van der Waals surface area contributed by atoms with Gasteiger partial charge in [0.1, 0.15) is 0 Å². The highest BCUT2D eigenvalue weighted by atomic mass is 32.1. The van der Waals surface area contributed by atoms with Crippen LogP contribution in [-0.4, -0.2) is 18.9 Å². The average molecular weight is 401 g/mol. The van der Waals surface area contributed by atoms with Gasteiger partial charge >= 0.3 is 0 Å². The monoisotopic (exact) mass is 400 g/mol. The summed E-state index contributed by atoms with van der Waals surface area (Å²) in [6.45, 7) is 8.27. The number of fused-ring (bicyclic) bond motifs is 3. The molecule has 0 bridgehead atoms. The van der Waals surface area contributed by atoms with E-state index in [0.717, 1.165) is 44.2 Å². The van der Waals surface area contributed by atoms with Crippen LogP contribution in [0.2, 0.25) is 0 Å². The summed E-state index contributed by atoms with van der Waals surface area (Å²) in [7, 11) is 0. The van der Waals surface area contributed by atoms with E-state index in [1.54, 1.807) is 16.8 Å². The molecule has 0 radical (unpaired) electrons. The molecule has 0 saturated heterocycles. The molecule has 0 aliphatic heterocycles. The fourth-order valence-electron chi connectivity index (χ4n) is 3.88. The number of aryl methyl sites for hydroxylation is 3. The maximum absolute atomic E-state index is 13.2. The molecule has 0 aliphatic rings. The van der Waals surface area contributed by atoms with Gasteiger partial charge in [-0.1, -0.05) is 11.3 Å². The van der Waals surface area contributed by atoms with E-state index >= 15 is 0 Å². The first kappa shape index (κ1) is 17.8. The van der Waals surface area contributed by atoms with Crippen molar-refractivity contribution in [1.82, 2.24) is 18.9 Å². The fourth-order valence-corrected chi connectivity index (χ4v) is 4.86. The highest BCUT2D eigenvalue weighted by Crippen LogP contribution is 2.22. The van der Waals surface area contributed by atoms with Crippen molar-refractivity contribution >= 4 is 33.4 Å². The molecule has 4 aromatic heterocycles. The number of imidazole rings is 1. The van der Waals surface area contributed by atoms with Crippen LogP contribution in [0.3, 0.4) is 0 Å². The number of hydrogen-bond acceptors (Lipinski definition) is 4. The van der Waals surface area contributed by atoms with Crippen molar-refractivity contribution in [3.8, 4) is 5.69 Å². The van der Waals surface area contributed by atoms with Crippen LogP contribution >= 0.6 is 11.3 Å². The summed E-state index contributed by atoms with van der Waals surface area (Å²) in [5.74, 6) is 0. The average Bonchev–Trinajstić information content (AvgIpc) is 3.28. The second kappa shape index (κ2) is 6.39. The molecule has 29 heavy (non-hydrogen) atoms. The normalized spacial score (nSPS) is 12.5. The third kappa shape index (κ3) is 2.71. The molecule has 1 aromatic carbocycles. The van der Waals surface area contributed by atoms with Gasteiger partial charge in [0.2, 0.25) is 0 Å². The Morgan fingerprint density at radius 2 is 1.72 bits per heavy atom. The first-order valence-corrected chi connectivity index (χ1v) is 10.3. The number of nitrogens with zero attached hydrogens (tertiary/aromatic N) is 4. The van der Waals surface area contributed by atoms with Crippen LogP contribution in [0.25, 0.3) is 27.8 Å². The van der Waals surface area contributed by atoms with Crippen LogP contribution in [-0.2, 0) is 0 Å². The van der Waals surface area contributed by atoms with E-state index in [1.165, 1.54) is 16.9 Å². The smallest absolute Gasteiger partial charge is 0.274 e. The van der Waals surface area contributed by atoms with Crippen LogP contribution < -0.4 is 10.1 Å². The Labute approximate surface area is 171 Å². The topological polar surface area (TPSA) is 52.2 Å². The molecule has 0 atom stereocenters. The summed E-state index contributed by atoms with van der Waals surface area (Å²) >= 11 is 1.44. The number of aromatic nitrogens is 4. The van der Waals surface area contributed by atoms with Gasteiger partial charge in [-0.2, -0.15) is 0 Å². The Hall–Kier alpha value is -3.25. The molecule has 144 valence electrons. The van der Waals surface area contributed by atoms with E-state index in [0.29, 0.717) is 4.53 Å². The van der Waals surface area contributed by atoms with Crippen molar-refractivity contribution in [2.75, 3.05) is 0 Å². The Morgan fingerprint density at radius 3 is 2.48 bits per heavy atom. The van der Waals surface area contributed by atoms with Crippen molar-refractivity contribution in [3.05, 3.63) is 85.7 Å². The van der Waals surface area contributed by atoms with Gasteiger partial charge in [0.05, 0.1) is 15.6 Å². The fraction of sp³-hybridized carbons (Fsp3) is 0.174. The second-order valence-electron chi connectivity index (χ2n) is 7.44. The van der Waals surface area contributed by atoms with Crippen molar-refractivity contribution in [1.29, 1.82) is 0 Å². The van der Waals surface area contributed by atoms with E-state index in [1.807, 2.05) is 18.2 Å². The molecule has 0 amide bonds. The predicted molar refractivity (Wildman–Crippen MR) is 118 cm³/mol. The van der Waals surface area contributed by atoms with E-state index in [2.05, 4.69) is 60.4 Å². The van der Waals surface area contributed by atoms with Gasteiger partial charge in [-0.3, -0.25) is 9.78 Å². The number of pyridine rings is 1. The Bertz CT molecular complexity index is 1510. The van der Waals surface area contributed by atoms with Crippen LogP contribution in [0.4, 0.5) is 0 Å². The lowest BCUT2D eigenvalue weighted by molar-refractivity contribution is 0.960. The lowest BCUT2D eigenvalue weighted by atomic mass is 10.1. The van der Waals surface area contributed by atoms with Crippen LogP contribution in [0.5, 0.6) is 0 Å². The van der Waals surface area contributed by atoms with Gasteiger partial charge in [0.15, 0.2) is 4.96 Å². The van der Waals surface area contributed by atoms with E-state index in [-0.39, 0.29) is 5.56 Å². The molecule has 5 rings (SSSR count). The van der Waals surface area contributed by atoms with Crippen LogP contribution in [0, 0.1) is 27.7 Å². The Morgan fingerprint density at radius 1 is 1.00 bits per heavy atom. The van der Waals surface area contributed by atoms with E-state index in [9.17, 15) is 4.79 Å². The van der Waals surface area contributed by atoms with Crippen LogP contribution in [0.1, 0.15) is 28.1 Å². The van der Waals surface area contributed by atoms with Gasteiger partial charge in [0, 0.05) is 29.5 Å². The number of hydrogen-bond donors (Lipinski definition) is 0. The SMILES string of the molecule is Cc1cc2nc3s/c(=C\c4cc(C)n(-c5ccncc5)c4C)c(=O)n3c2cc1C. The summed E-state index contributed by atoms with van der Waals surface area (Å²) < 4.78 is 4.61. The van der Waals surface area contributed by atoms with Gasteiger partial charge in [0.25, 0.3) is 5.56 Å². The molecule has 0 fully saturated rings. The molecule has 4 heterocycles. The lowest BCUT2D eigenvalue weighted by Crippen LogP contribution is -2.22. The minimum absolute atomic E-state index is 0.00975. The number of rotatable bonds is 2. The summed E-state index contributed by atoms with van der Waals surface area (Å²) in [6.07, 6.45) is 5.56. The van der Waals surface area contributed by atoms with E-state index < -0.39 is 0 Å². The van der Waals surface area contributed by atoms with Gasteiger partial charge in [-0.05, 0) is 80.8 Å². The van der Waals surface area contributed by atoms with Gasteiger partial charge in [-0.25, -0.2) is 9.38 Å². The minimum Gasteiger partial charge on any atom is -0.318 e. The predicted octanol–water partition coefficient (Wildman–Crippen LogP) is 3.88. The molecule has 0 saturated carbocycles. The summed E-state index contributed by atoms with van der Waals surface area (Å²) in [4.78, 5) is 22.7. The molecule has 6 heteroatoms. The molecule has 0 aliphatic carbocycles. The third-order valence-corrected chi connectivity index (χ3v) is 6.50. The highest BCUT2D eigenvalue weighted by Gasteiger charge is 2.14. The third-order valence-electron chi connectivity index (χ3n) is 5.53. The molecule has 0 N–H and O–H groups in total. The van der Waals surface area contributed by atoms with Gasteiger partial charge < -0.3 is 4.57 Å². The maximum atomic E-state index is 13.2. The molecule has 5 nitrogen and oxygen atoms in total. The summed E-state index contributed by atoms with van der Waals surface area (Å²) in [5.41, 5.74) is 8.41.